The van der Waals surface area contributed by atoms with Gasteiger partial charge in [0.2, 0.25) is 0 Å². The van der Waals surface area contributed by atoms with Crippen LogP contribution in [-0.2, 0) is 6.54 Å². The second-order valence-electron chi connectivity index (χ2n) is 7.06. The van der Waals surface area contributed by atoms with Crippen LogP contribution in [0.2, 0.25) is 0 Å². The number of aromatic nitrogens is 4. The molecule has 8 nitrogen and oxygen atoms in total. The zero-order valence-corrected chi connectivity index (χ0v) is 16.8. The SMILES string of the molecule is Cc1cnn(Cc2cc(F)ccc2F)c1NC(=O)c1cccc(-n2[nH]c(=O)ccc2=O)c1. The Morgan fingerprint density at radius 2 is 1.91 bits per heavy atom. The van der Waals surface area contributed by atoms with Crippen molar-refractivity contribution in [2.45, 2.75) is 13.5 Å². The molecule has 2 aromatic carbocycles. The van der Waals surface area contributed by atoms with E-state index < -0.39 is 28.7 Å². The highest BCUT2D eigenvalue weighted by Crippen LogP contribution is 2.19. The lowest BCUT2D eigenvalue weighted by atomic mass is 10.2. The highest BCUT2D eigenvalue weighted by Gasteiger charge is 2.15. The molecule has 0 saturated carbocycles. The van der Waals surface area contributed by atoms with Crippen LogP contribution >= 0.6 is 0 Å². The minimum Gasteiger partial charge on any atom is -0.307 e. The molecule has 0 fully saturated rings. The average Bonchev–Trinajstić information content (AvgIpc) is 3.11. The van der Waals surface area contributed by atoms with Crippen molar-refractivity contribution in [1.29, 1.82) is 0 Å². The molecule has 0 bridgehead atoms. The Bertz CT molecular complexity index is 1440. The smallest absolute Gasteiger partial charge is 0.269 e. The maximum atomic E-state index is 14.0. The summed E-state index contributed by atoms with van der Waals surface area (Å²) in [5.74, 6) is -1.37. The van der Waals surface area contributed by atoms with E-state index in [1.807, 2.05) is 0 Å². The lowest BCUT2D eigenvalue weighted by Crippen LogP contribution is -2.26. The monoisotopic (exact) mass is 437 g/mol. The van der Waals surface area contributed by atoms with Gasteiger partial charge in [-0.25, -0.2) is 18.1 Å². The van der Waals surface area contributed by atoms with Crippen LogP contribution in [0, 0.1) is 18.6 Å². The summed E-state index contributed by atoms with van der Waals surface area (Å²) in [5.41, 5.74) is 0.278. The number of nitrogens with one attached hydrogen (secondary N) is 2. The van der Waals surface area contributed by atoms with E-state index in [1.54, 1.807) is 19.1 Å². The third kappa shape index (κ3) is 4.24. The van der Waals surface area contributed by atoms with E-state index in [1.165, 1.54) is 23.0 Å². The molecule has 4 rings (SSSR count). The first-order valence-corrected chi connectivity index (χ1v) is 9.52. The van der Waals surface area contributed by atoms with Gasteiger partial charge in [-0.2, -0.15) is 5.10 Å². The van der Waals surface area contributed by atoms with Gasteiger partial charge in [-0.15, -0.1) is 0 Å². The van der Waals surface area contributed by atoms with Crippen molar-refractivity contribution in [3.05, 3.63) is 110 Å². The number of aryl methyl sites for hydroxylation is 1. The lowest BCUT2D eigenvalue weighted by Gasteiger charge is -2.12. The lowest BCUT2D eigenvalue weighted by molar-refractivity contribution is 0.102. The molecule has 0 radical (unpaired) electrons. The first-order valence-electron chi connectivity index (χ1n) is 9.52. The van der Waals surface area contributed by atoms with Crippen LogP contribution in [0.4, 0.5) is 14.6 Å². The highest BCUT2D eigenvalue weighted by atomic mass is 19.1. The molecule has 0 aliphatic rings. The predicted octanol–water partition coefficient (Wildman–Crippen LogP) is 2.61. The fourth-order valence-corrected chi connectivity index (χ4v) is 3.17. The molecule has 162 valence electrons. The first kappa shape index (κ1) is 20.9. The molecule has 1 amide bonds. The number of hydrogen-bond acceptors (Lipinski definition) is 4. The van der Waals surface area contributed by atoms with Crippen LogP contribution < -0.4 is 16.4 Å². The van der Waals surface area contributed by atoms with E-state index in [0.717, 1.165) is 35.0 Å². The van der Waals surface area contributed by atoms with Gasteiger partial charge in [0.05, 0.1) is 18.4 Å². The second-order valence-corrected chi connectivity index (χ2v) is 7.06. The molecule has 0 aliphatic heterocycles. The van der Waals surface area contributed by atoms with Gasteiger partial charge in [0, 0.05) is 28.8 Å². The van der Waals surface area contributed by atoms with Gasteiger partial charge < -0.3 is 5.32 Å². The van der Waals surface area contributed by atoms with Crippen LogP contribution in [0.25, 0.3) is 5.69 Å². The van der Waals surface area contributed by atoms with E-state index >= 15 is 0 Å². The van der Waals surface area contributed by atoms with E-state index in [2.05, 4.69) is 15.5 Å². The quantitative estimate of drug-likeness (QED) is 0.501. The van der Waals surface area contributed by atoms with Gasteiger partial charge in [-0.05, 0) is 43.3 Å². The molecule has 0 aliphatic carbocycles. The molecule has 32 heavy (non-hydrogen) atoms. The minimum atomic E-state index is -0.591. The topological polar surface area (TPSA) is 102 Å². The molecule has 0 atom stereocenters. The molecule has 0 saturated heterocycles. The zero-order chi connectivity index (χ0) is 22.8. The molecule has 2 N–H and O–H groups in total. The number of hydrogen-bond donors (Lipinski definition) is 2. The Labute approximate surface area is 179 Å². The summed E-state index contributed by atoms with van der Waals surface area (Å²) in [6.07, 6.45) is 1.50. The van der Waals surface area contributed by atoms with E-state index in [-0.39, 0.29) is 17.7 Å². The van der Waals surface area contributed by atoms with E-state index in [9.17, 15) is 23.2 Å². The number of H-pyrrole nitrogens is 1. The van der Waals surface area contributed by atoms with Crippen molar-refractivity contribution in [2.24, 2.45) is 0 Å². The summed E-state index contributed by atoms with van der Waals surface area (Å²) in [4.78, 5) is 36.5. The van der Waals surface area contributed by atoms with Crippen LogP contribution in [0.15, 0.2) is 70.4 Å². The minimum absolute atomic E-state index is 0.0815. The molecule has 2 aromatic heterocycles. The second kappa shape index (κ2) is 8.42. The fourth-order valence-electron chi connectivity index (χ4n) is 3.17. The summed E-state index contributed by atoms with van der Waals surface area (Å²) in [6.45, 7) is 1.62. The zero-order valence-electron chi connectivity index (χ0n) is 16.8. The maximum absolute atomic E-state index is 14.0. The van der Waals surface area contributed by atoms with Crippen molar-refractivity contribution in [1.82, 2.24) is 19.6 Å². The Morgan fingerprint density at radius 3 is 2.72 bits per heavy atom. The van der Waals surface area contributed by atoms with Crippen LogP contribution in [-0.4, -0.2) is 25.5 Å². The number of rotatable bonds is 5. The molecular formula is C22H17F2N5O3. The highest BCUT2D eigenvalue weighted by molar-refractivity contribution is 6.04. The molecule has 0 spiro atoms. The summed E-state index contributed by atoms with van der Waals surface area (Å²) >= 11 is 0. The Balaban J connectivity index is 1.62. The van der Waals surface area contributed by atoms with Gasteiger partial charge in [-0.1, -0.05) is 6.07 Å². The van der Waals surface area contributed by atoms with Gasteiger partial charge in [-0.3, -0.25) is 19.5 Å². The molecule has 0 unspecified atom stereocenters. The largest absolute Gasteiger partial charge is 0.307 e. The maximum Gasteiger partial charge on any atom is 0.269 e. The summed E-state index contributed by atoms with van der Waals surface area (Å²) in [7, 11) is 0. The number of carbonyl (C=O) groups excluding carboxylic acids is 1. The molecular weight excluding hydrogens is 420 g/mol. The van der Waals surface area contributed by atoms with Gasteiger partial charge in [0.1, 0.15) is 17.5 Å². The number of carbonyl (C=O) groups is 1. The van der Waals surface area contributed by atoms with Gasteiger partial charge >= 0.3 is 0 Å². The average molecular weight is 437 g/mol. The predicted molar refractivity (Wildman–Crippen MR) is 113 cm³/mol. The van der Waals surface area contributed by atoms with E-state index in [4.69, 9.17) is 0 Å². The van der Waals surface area contributed by atoms with Crippen molar-refractivity contribution >= 4 is 11.7 Å². The van der Waals surface area contributed by atoms with Gasteiger partial charge in [0.15, 0.2) is 0 Å². The van der Waals surface area contributed by atoms with Crippen molar-refractivity contribution in [3.63, 3.8) is 0 Å². The number of nitrogens with zero attached hydrogens (tertiary/aromatic N) is 3. The van der Waals surface area contributed by atoms with Crippen molar-refractivity contribution in [2.75, 3.05) is 5.32 Å². The van der Waals surface area contributed by atoms with Crippen molar-refractivity contribution < 1.29 is 13.6 Å². The number of aromatic amines is 1. The van der Waals surface area contributed by atoms with Crippen LogP contribution in [0.5, 0.6) is 0 Å². The van der Waals surface area contributed by atoms with Crippen LogP contribution in [0.3, 0.4) is 0 Å². The standard InChI is InChI=1S/C22H17F2N5O3/c1-13-11-25-28(12-15-9-16(23)5-6-18(15)24)21(13)26-22(32)14-3-2-4-17(10-14)29-20(31)8-7-19(30)27-29/h2-11H,12H2,1H3,(H,26,32)(H,27,30). The van der Waals surface area contributed by atoms with Crippen LogP contribution in [0.1, 0.15) is 21.5 Å². The molecule has 4 aromatic rings. The molecule has 10 heteroatoms. The molecule has 2 heterocycles. The van der Waals surface area contributed by atoms with Gasteiger partial charge in [0.25, 0.3) is 17.0 Å². The first-order chi connectivity index (χ1) is 15.3. The third-order valence-electron chi connectivity index (χ3n) is 4.77. The summed E-state index contributed by atoms with van der Waals surface area (Å²) in [6, 6.07) is 11.5. The number of anilines is 1. The number of benzene rings is 2. The summed E-state index contributed by atoms with van der Waals surface area (Å²) in [5, 5.41) is 9.26. The third-order valence-corrected chi connectivity index (χ3v) is 4.77. The Kier molecular flexibility index (Phi) is 5.50. The Morgan fingerprint density at radius 1 is 1.09 bits per heavy atom. The normalized spacial score (nSPS) is 10.8. The van der Waals surface area contributed by atoms with E-state index in [0.29, 0.717) is 17.1 Å². The number of halogens is 2. The van der Waals surface area contributed by atoms with Crippen molar-refractivity contribution in [3.8, 4) is 5.69 Å². The Hall–Kier alpha value is -4.34. The summed E-state index contributed by atoms with van der Waals surface area (Å²) < 4.78 is 29.9. The number of amides is 1. The fraction of sp³-hybridized carbons (Fsp3) is 0.0909.